The van der Waals surface area contributed by atoms with Crippen LogP contribution in [0.5, 0.6) is 0 Å². The second-order valence-electron chi connectivity index (χ2n) is 7.51. The van der Waals surface area contributed by atoms with Crippen LogP contribution in [0.15, 0.2) is 48.5 Å². The van der Waals surface area contributed by atoms with E-state index in [9.17, 15) is 4.79 Å². The van der Waals surface area contributed by atoms with Crippen LogP contribution in [0.3, 0.4) is 0 Å². The van der Waals surface area contributed by atoms with Gasteiger partial charge in [-0.15, -0.1) is 0 Å². The van der Waals surface area contributed by atoms with Crippen LogP contribution in [-0.2, 0) is 11.2 Å². The average molecular weight is 405 g/mol. The van der Waals surface area contributed by atoms with Gasteiger partial charge in [-0.05, 0) is 42.1 Å². The number of likely N-dealkylation sites (N-methyl/N-ethyl adjacent to an activating group) is 1. The van der Waals surface area contributed by atoms with Crippen molar-refractivity contribution in [3.63, 3.8) is 0 Å². The molecule has 2 aromatic rings. The minimum atomic E-state index is 0.0340. The number of hydrogen-bond acceptors (Lipinski definition) is 2. The third-order valence-corrected chi connectivity index (χ3v) is 6.06. The van der Waals surface area contributed by atoms with Crippen molar-refractivity contribution < 1.29 is 4.79 Å². The lowest BCUT2D eigenvalue weighted by molar-refractivity contribution is -0.131. The summed E-state index contributed by atoms with van der Waals surface area (Å²) in [5, 5.41) is 0.988. The van der Waals surface area contributed by atoms with E-state index < -0.39 is 0 Å². The number of benzene rings is 2. The molecule has 2 atom stereocenters. The molecule has 27 heavy (non-hydrogen) atoms. The minimum absolute atomic E-state index is 0.0340. The Hall–Kier alpha value is -1.55. The molecule has 0 aromatic heterocycles. The number of amides is 1. The van der Waals surface area contributed by atoms with Crippen molar-refractivity contribution in [1.29, 1.82) is 0 Å². The third kappa shape index (κ3) is 5.25. The third-order valence-electron chi connectivity index (χ3n) is 5.32. The summed E-state index contributed by atoms with van der Waals surface area (Å²) >= 11 is 12.1. The first kappa shape index (κ1) is 20.2. The standard InChI is InChI=1S/C22H26Cl2N2O/c1-16-10-11-26(14-16)15-21(18-6-4-3-5-7-18)25(2)22(27)13-17-8-9-19(23)20(24)12-17/h3-9,12,16,21H,10-11,13-15H2,1-2H3/t16-,21-/m1/s1. The lowest BCUT2D eigenvalue weighted by atomic mass is 10.0. The van der Waals surface area contributed by atoms with E-state index in [0.717, 1.165) is 31.1 Å². The zero-order valence-corrected chi connectivity index (χ0v) is 17.4. The van der Waals surface area contributed by atoms with Crippen molar-refractivity contribution in [1.82, 2.24) is 9.80 Å². The monoisotopic (exact) mass is 404 g/mol. The maximum absolute atomic E-state index is 13.0. The van der Waals surface area contributed by atoms with E-state index in [1.54, 1.807) is 12.1 Å². The molecule has 5 heteroatoms. The molecule has 0 N–H and O–H groups in total. The van der Waals surface area contributed by atoms with Crippen molar-refractivity contribution >= 4 is 29.1 Å². The summed E-state index contributed by atoms with van der Waals surface area (Å²) in [4.78, 5) is 17.3. The van der Waals surface area contributed by atoms with E-state index in [1.807, 2.05) is 36.2 Å². The summed E-state index contributed by atoms with van der Waals surface area (Å²) < 4.78 is 0. The van der Waals surface area contributed by atoms with Gasteiger partial charge in [0.25, 0.3) is 0 Å². The Labute approximate surface area is 171 Å². The summed E-state index contributed by atoms with van der Waals surface area (Å²) in [5.41, 5.74) is 2.05. The van der Waals surface area contributed by atoms with Crippen LogP contribution < -0.4 is 0 Å². The van der Waals surface area contributed by atoms with Crippen molar-refractivity contribution in [3.05, 3.63) is 69.7 Å². The lowest BCUT2D eigenvalue weighted by Gasteiger charge is -2.32. The molecule has 144 valence electrons. The molecular formula is C22H26Cl2N2O. The second kappa shape index (κ2) is 9.09. The highest BCUT2D eigenvalue weighted by atomic mass is 35.5. The Morgan fingerprint density at radius 1 is 1.19 bits per heavy atom. The van der Waals surface area contributed by atoms with E-state index in [4.69, 9.17) is 23.2 Å². The molecule has 1 saturated heterocycles. The molecule has 1 fully saturated rings. The van der Waals surface area contributed by atoms with Gasteiger partial charge in [0.1, 0.15) is 0 Å². The van der Waals surface area contributed by atoms with Crippen molar-refractivity contribution in [3.8, 4) is 0 Å². The van der Waals surface area contributed by atoms with E-state index in [0.29, 0.717) is 16.5 Å². The van der Waals surface area contributed by atoms with Crippen LogP contribution in [0.4, 0.5) is 0 Å². The maximum Gasteiger partial charge on any atom is 0.227 e. The fourth-order valence-electron chi connectivity index (χ4n) is 3.69. The van der Waals surface area contributed by atoms with Crippen molar-refractivity contribution in [2.45, 2.75) is 25.8 Å². The van der Waals surface area contributed by atoms with Crippen molar-refractivity contribution in [2.24, 2.45) is 5.92 Å². The first-order chi connectivity index (χ1) is 12.9. The molecule has 1 amide bonds. The predicted octanol–water partition coefficient (Wildman–Crippen LogP) is 5.08. The number of likely N-dealkylation sites (tertiary alicyclic amines) is 1. The Kier molecular flexibility index (Phi) is 6.80. The van der Waals surface area contributed by atoms with E-state index in [-0.39, 0.29) is 11.9 Å². The van der Waals surface area contributed by atoms with Gasteiger partial charge in [0.2, 0.25) is 5.91 Å². The topological polar surface area (TPSA) is 23.6 Å². The summed E-state index contributed by atoms with van der Waals surface area (Å²) in [7, 11) is 1.90. The molecule has 3 nitrogen and oxygen atoms in total. The Morgan fingerprint density at radius 3 is 2.56 bits per heavy atom. The Morgan fingerprint density at radius 2 is 1.93 bits per heavy atom. The van der Waals surface area contributed by atoms with Gasteiger partial charge in [-0.1, -0.05) is 66.5 Å². The molecule has 0 bridgehead atoms. The predicted molar refractivity (Wildman–Crippen MR) is 112 cm³/mol. The molecule has 0 radical (unpaired) electrons. The molecule has 0 unspecified atom stereocenters. The van der Waals surface area contributed by atoms with Gasteiger partial charge in [-0.25, -0.2) is 0 Å². The fourth-order valence-corrected chi connectivity index (χ4v) is 4.01. The fraction of sp³-hybridized carbons (Fsp3) is 0.409. The van der Waals surface area contributed by atoms with Gasteiger partial charge in [-0.2, -0.15) is 0 Å². The van der Waals surface area contributed by atoms with E-state index in [1.165, 1.54) is 12.0 Å². The SMILES string of the molecule is C[C@@H]1CCN(C[C@H](c2ccccc2)N(C)C(=O)Cc2ccc(Cl)c(Cl)c2)C1. The molecule has 1 aliphatic heterocycles. The highest BCUT2D eigenvalue weighted by Gasteiger charge is 2.27. The van der Waals surface area contributed by atoms with Gasteiger partial charge < -0.3 is 9.80 Å². The second-order valence-corrected chi connectivity index (χ2v) is 8.32. The van der Waals surface area contributed by atoms with Gasteiger partial charge in [0, 0.05) is 20.1 Å². The van der Waals surface area contributed by atoms with Gasteiger partial charge >= 0.3 is 0 Å². The molecule has 0 aliphatic carbocycles. The number of hydrogen-bond donors (Lipinski definition) is 0. The maximum atomic E-state index is 13.0. The highest BCUT2D eigenvalue weighted by Crippen LogP contribution is 2.26. The van der Waals surface area contributed by atoms with Gasteiger partial charge in [-0.3, -0.25) is 4.79 Å². The molecule has 1 aliphatic rings. The van der Waals surface area contributed by atoms with Crippen LogP contribution >= 0.6 is 23.2 Å². The summed E-state index contributed by atoms with van der Waals surface area (Å²) in [5.74, 6) is 0.799. The molecule has 2 aromatic carbocycles. The molecule has 0 spiro atoms. The number of carbonyl (C=O) groups excluding carboxylic acids is 1. The average Bonchev–Trinajstić information content (AvgIpc) is 3.08. The highest BCUT2D eigenvalue weighted by molar-refractivity contribution is 6.42. The number of halogens is 2. The first-order valence-electron chi connectivity index (χ1n) is 9.41. The molecule has 0 saturated carbocycles. The Balaban J connectivity index is 1.75. The quantitative estimate of drug-likeness (QED) is 0.670. The summed E-state index contributed by atoms with van der Waals surface area (Å²) in [6, 6.07) is 15.7. The first-order valence-corrected chi connectivity index (χ1v) is 10.2. The molecular weight excluding hydrogens is 379 g/mol. The van der Waals surface area contributed by atoms with E-state index in [2.05, 4.69) is 24.0 Å². The smallest absolute Gasteiger partial charge is 0.227 e. The van der Waals surface area contributed by atoms with E-state index >= 15 is 0 Å². The van der Waals surface area contributed by atoms with Crippen molar-refractivity contribution in [2.75, 3.05) is 26.7 Å². The van der Waals surface area contributed by atoms with Crippen LogP contribution in [0, 0.1) is 5.92 Å². The van der Waals surface area contributed by atoms with Crippen LogP contribution in [0.1, 0.15) is 30.5 Å². The zero-order chi connectivity index (χ0) is 19.4. The van der Waals surface area contributed by atoms with Gasteiger partial charge in [0.05, 0.1) is 22.5 Å². The van der Waals surface area contributed by atoms with Gasteiger partial charge in [0.15, 0.2) is 0 Å². The summed E-state index contributed by atoms with van der Waals surface area (Å²) in [6.07, 6.45) is 1.54. The zero-order valence-electron chi connectivity index (χ0n) is 15.9. The van der Waals surface area contributed by atoms with Crippen LogP contribution in [0.2, 0.25) is 10.0 Å². The minimum Gasteiger partial charge on any atom is -0.337 e. The number of carbonyl (C=O) groups is 1. The Bertz CT molecular complexity index is 781. The number of nitrogens with zero attached hydrogens (tertiary/aromatic N) is 2. The molecule has 3 rings (SSSR count). The number of rotatable bonds is 6. The largest absolute Gasteiger partial charge is 0.337 e. The van der Waals surface area contributed by atoms with Crippen LogP contribution in [0.25, 0.3) is 0 Å². The normalized spacial score (nSPS) is 18.4. The summed E-state index contributed by atoms with van der Waals surface area (Å²) in [6.45, 7) is 5.34. The lowest BCUT2D eigenvalue weighted by Crippen LogP contribution is -2.39. The molecule has 1 heterocycles. The van der Waals surface area contributed by atoms with Crippen LogP contribution in [-0.4, -0.2) is 42.4 Å².